The predicted molar refractivity (Wildman–Crippen MR) is 39.8 cm³/mol. The Kier molecular flexibility index (Phi) is 1.27. The smallest absolute Gasteiger partial charge is 0.0924 e. The average molecular weight is 144 g/mol. The SMILES string of the molecule is CC1(C2CCSC2)CO1. The van der Waals surface area contributed by atoms with Crippen molar-refractivity contribution in [2.45, 2.75) is 18.9 Å². The van der Waals surface area contributed by atoms with Gasteiger partial charge in [-0.1, -0.05) is 0 Å². The van der Waals surface area contributed by atoms with Gasteiger partial charge in [0.25, 0.3) is 0 Å². The summed E-state index contributed by atoms with van der Waals surface area (Å²) < 4.78 is 5.37. The average Bonchev–Trinajstić information content (AvgIpc) is 2.46. The molecule has 0 aromatic rings. The van der Waals surface area contributed by atoms with Crippen LogP contribution in [0.3, 0.4) is 0 Å². The van der Waals surface area contributed by atoms with E-state index >= 15 is 0 Å². The number of ether oxygens (including phenoxy) is 1. The Bertz CT molecular complexity index is 114. The van der Waals surface area contributed by atoms with E-state index in [2.05, 4.69) is 18.7 Å². The summed E-state index contributed by atoms with van der Waals surface area (Å²) in [5, 5.41) is 0. The first kappa shape index (κ1) is 6.05. The van der Waals surface area contributed by atoms with Gasteiger partial charge in [0.15, 0.2) is 0 Å². The van der Waals surface area contributed by atoms with Gasteiger partial charge in [0.05, 0.1) is 12.2 Å². The molecule has 2 atom stereocenters. The van der Waals surface area contributed by atoms with Crippen molar-refractivity contribution in [1.82, 2.24) is 0 Å². The van der Waals surface area contributed by atoms with Gasteiger partial charge in [-0.3, -0.25) is 0 Å². The van der Waals surface area contributed by atoms with Crippen molar-refractivity contribution in [3.05, 3.63) is 0 Å². The molecule has 0 aromatic carbocycles. The summed E-state index contributed by atoms with van der Waals surface area (Å²) in [4.78, 5) is 0. The van der Waals surface area contributed by atoms with Crippen LogP contribution < -0.4 is 0 Å². The van der Waals surface area contributed by atoms with Crippen LogP contribution in [0.25, 0.3) is 0 Å². The van der Waals surface area contributed by atoms with Crippen LogP contribution in [0, 0.1) is 5.92 Å². The highest BCUT2D eigenvalue weighted by Crippen LogP contribution is 2.42. The summed E-state index contributed by atoms with van der Waals surface area (Å²) in [6.07, 6.45) is 1.38. The topological polar surface area (TPSA) is 12.5 Å². The number of thioether (sulfide) groups is 1. The minimum atomic E-state index is 0.309. The minimum Gasteiger partial charge on any atom is -0.370 e. The number of epoxide rings is 1. The Morgan fingerprint density at radius 1 is 1.67 bits per heavy atom. The van der Waals surface area contributed by atoms with Gasteiger partial charge in [0.2, 0.25) is 0 Å². The molecular formula is C7H12OS. The lowest BCUT2D eigenvalue weighted by Crippen LogP contribution is -2.19. The maximum Gasteiger partial charge on any atom is 0.0924 e. The molecule has 2 unspecified atom stereocenters. The molecule has 2 rings (SSSR count). The summed E-state index contributed by atoms with van der Waals surface area (Å²) in [5.41, 5.74) is 0.309. The fourth-order valence-corrected chi connectivity index (χ4v) is 2.79. The third-order valence-electron chi connectivity index (χ3n) is 2.39. The van der Waals surface area contributed by atoms with Crippen molar-refractivity contribution in [1.29, 1.82) is 0 Å². The molecule has 0 aromatic heterocycles. The van der Waals surface area contributed by atoms with Gasteiger partial charge in [-0.15, -0.1) is 0 Å². The van der Waals surface area contributed by atoms with Crippen LogP contribution in [0.1, 0.15) is 13.3 Å². The molecule has 9 heavy (non-hydrogen) atoms. The van der Waals surface area contributed by atoms with Gasteiger partial charge in [-0.25, -0.2) is 0 Å². The molecule has 0 bridgehead atoms. The Morgan fingerprint density at radius 3 is 2.89 bits per heavy atom. The molecule has 0 radical (unpaired) electrons. The van der Waals surface area contributed by atoms with E-state index in [1.807, 2.05) is 0 Å². The molecule has 0 aliphatic carbocycles. The van der Waals surface area contributed by atoms with E-state index in [0.717, 1.165) is 12.5 Å². The number of hydrogen-bond donors (Lipinski definition) is 0. The second-order valence-corrected chi connectivity index (χ2v) is 4.31. The fraction of sp³-hybridized carbons (Fsp3) is 1.00. The van der Waals surface area contributed by atoms with Crippen LogP contribution in [0.15, 0.2) is 0 Å². The van der Waals surface area contributed by atoms with E-state index in [9.17, 15) is 0 Å². The van der Waals surface area contributed by atoms with Crippen LogP contribution >= 0.6 is 11.8 Å². The van der Waals surface area contributed by atoms with Crippen LogP contribution in [0.4, 0.5) is 0 Å². The Labute approximate surface area is 60.2 Å². The Balaban J connectivity index is 1.97. The van der Waals surface area contributed by atoms with Gasteiger partial charge in [-0.05, 0) is 30.8 Å². The summed E-state index contributed by atoms with van der Waals surface area (Å²) in [7, 11) is 0. The molecule has 0 N–H and O–H groups in total. The lowest BCUT2D eigenvalue weighted by atomic mass is 9.94. The molecule has 2 aliphatic heterocycles. The molecule has 0 spiro atoms. The zero-order valence-electron chi connectivity index (χ0n) is 5.72. The van der Waals surface area contributed by atoms with E-state index in [1.165, 1.54) is 17.9 Å². The maximum atomic E-state index is 5.37. The van der Waals surface area contributed by atoms with Crippen LogP contribution in [0.2, 0.25) is 0 Å². The first-order chi connectivity index (χ1) is 4.31. The standard InChI is InChI=1S/C7H12OS/c1-7(5-8-7)6-2-3-9-4-6/h6H,2-5H2,1H3. The molecule has 2 aliphatic rings. The van der Waals surface area contributed by atoms with Gasteiger partial charge in [0.1, 0.15) is 0 Å². The first-order valence-electron chi connectivity index (χ1n) is 3.53. The predicted octanol–water partition coefficient (Wildman–Crippen LogP) is 1.53. The van der Waals surface area contributed by atoms with Crippen molar-refractivity contribution in [3.8, 4) is 0 Å². The largest absolute Gasteiger partial charge is 0.370 e. The third-order valence-corrected chi connectivity index (χ3v) is 3.56. The summed E-state index contributed by atoms with van der Waals surface area (Å²) >= 11 is 2.07. The zero-order chi connectivity index (χ0) is 6.32. The molecule has 2 heterocycles. The van der Waals surface area contributed by atoms with E-state index in [-0.39, 0.29) is 0 Å². The highest BCUT2D eigenvalue weighted by molar-refractivity contribution is 7.99. The van der Waals surface area contributed by atoms with Crippen LogP contribution in [-0.2, 0) is 4.74 Å². The molecule has 1 nitrogen and oxygen atoms in total. The van der Waals surface area contributed by atoms with Crippen LogP contribution in [-0.4, -0.2) is 23.7 Å². The van der Waals surface area contributed by atoms with E-state index in [0.29, 0.717) is 5.60 Å². The second-order valence-electron chi connectivity index (χ2n) is 3.16. The summed E-state index contributed by atoms with van der Waals surface area (Å²) in [6, 6.07) is 0. The quantitative estimate of drug-likeness (QED) is 0.517. The van der Waals surface area contributed by atoms with Crippen LogP contribution in [0.5, 0.6) is 0 Å². The molecule has 2 fully saturated rings. The van der Waals surface area contributed by atoms with Crippen molar-refractivity contribution < 1.29 is 4.74 Å². The van der Waals surface area contributed by atoms with Gasteiger partial charge in [-0.2, -0.15) is 11.8 Å². The van der Waals surface area contributed by atoms with E-state index in [4.69, 9.17) is 4.74 Å². The highest BCUT2D eigenvalue weighted by atomic mass is 32.2. The highest BCUT2D eigenvalue weighted by Gasteiger charge is 2.47. The zero-order valence-corrected chi connectivity index (χ0v) is 6.54. The third kappa shape index (κ3) is 0.987. The fourth-order valence-electron chi connectivity index (χ4n) is 1.37. The number of hydrogen-bond acceptors (Lipinski definition) is 2. The number of rotatable bonds is 1. The second kappa shape index (κ2) is 1.89. The lowest BCUT2D eigenvalue weighted by Gasteiger charge is -2.11. The lowest BCUT2D eigenvalue weighted by molar-refractivity contribution is 0.251. The molecule has 0 amide bonds. The summed E-state index contributed by atoms with van der Waals surface area (Å²) in [5.74, 6) is 3.54. The van der Waals surface area contributed by atoms with Crippen molar-refractivity contribution in [3.63, 3.8) is 0 Å². The molecule has 2 saturated heterocycles. The maximum absolute atomic E-state index is 5.37. The molecular weight excluding hydrogens is 132 g/mol. The van der Waals surface area contributed by atoms with E-state index < -0.39 is 0 Å². The molecule has 2 heteroatoms. The van der Waals surface area contributed by atoms with E-state index in [1.54, 1.807) is 0 Å². The van der Waals surface area contributed by atoms with Gasteiger partial charge < -0.3 is 4.74 Å². The van der Waals surface area contributed by atoms with Gasteiger partial charge >= 0.3 is 0 Å². The minimum absolute atomic E-state index is 0.309. The monoisotopic (exact) mass is 144 g/mol. The first-order valence-corrected chi connectivity index (χ1v) is 4.68. The molecule has 52 valence electrons. The Morgan fingerprint density at radius 2 is 2.44 bits per heavy atom. The Hall–Kier alpha value is 0.310. The summed E-state index contributed by atoms with van der Waals surface area (Å²) in [6.45, 7) is 3.25. The molecule has 0 saturated carbocycles. The normalized spacial score (nSPS) is 49.7. The van der Waals surface area contributed by atoms with Crippen molar-refractivity contribution in [2.24, 2.45) is 5.92 Å². The van der Waals surface area contributed by atoms with Gasteiger partial charge in [0, 0.05) is 0 Å². The van der Waals surface area contributed by atoms with Crippen molar-refractivity contribution in [2.75, 3.05) is 18.1 Å². The van der Waals surface area contributed by atoms with Crippen molar-refractivity contribution >= 4 is 11.8 Å².